The second-order valence-electron chi connectivity index (χ2n) is 6.13. The summed E-state index contributed by atoms with van der Waals surface area (Å²) in [7, 11) is 3.27. The van der Waals surface area contributed by atoms with Crippen LogP contribution >= 0.6 is 23.1 Å². The van der Waals surface area contributed by atoms with Gasteiger partial charge in [0.05, 0.1) is 25.5 Å². The predicted molar refractivity (Wildman–Crippen MR) is 110 cm³/mol. The van der Waals surface area contributed by atoms with E-state index < -0.39 is 0 Å². The molecule has 0 fully saturated rings. The molecule has 0 saturated heterocycles. The summed E-state index contributed by atoms with van der Waals surface area (Å²) in [6.07, 6.45) is 0. The summed E-state index contributed by atoms with van der Waals surface area (Å²) >= 11 is 3.18. The van der Waals surface area contributed by atoms with Gasteiger partial charge in [-0.1, -0.05) is 17.8 Å². The van der Waals surface area contributed by atoms with Crippen molar-refractivity contribution in [2.24, 2.45) is 0 Å². The molecule has 0 unspecified atom stereocenters. The Morgan fingerprint density at radius 3 is 2.75 bits per heavy atom. The average Bonchev–Trinajstić information content (AvgIpc) is 3.32. The van der Waals surface area contributed by atoms with E-state index in [1.807, 2.05) is 42.5 Å². The standard InChI is InChI=1S/C19H19N5O2S2/c1-11-8-12(2)24-18(20-11)22-23-19(24)28-10-13-9-27-17(21-13)14-6-5-7-15(25-3)16(14)26-4/h5-9H,10H2,1-4H3. The highest BCUT2D eigenvalue weighted by Gasteiger charge is 2.16. The summed E-state index contributed by atoms with van der Waals surface area (Å²) in [4.78, 5) is 9.20. The molecule has 0 aliphatic rings. The van der Waals surface area contributed by atoms with Crippen molar-refractivity contribution in [3.05, 3.63) is 46.7 Å². The second kappa shape index (κ2) is 7.76. The molecule has 0 bridgehead atoms. The van der Waals surface area contributed by atoms with E-state index >= 15 is 0 Å². The van der Waals surface area contributed by atoms with E-state index in [2.05, 4.69) is 20.6 Å². The van der Waals surface area contributed by atoms with Crippen LogP contribution in [0, 0.1) is 13.8 Å². The summed E-state index contributed by atoms with van der Waals surface area (Å²) in [6.45, 7) is 3.99. The zero-order valence-electron chi connectivity index (χ0n) is 16.0. The number of methoxy groups -OCH3 is 2. The molecule has 0 N–H and O–H groups in total. The van der Waals surface area contributed by atoms with Gasteiger partial charge < -0.3 is 9.47 Å². The van der Waals surface area contributed by atoms with Gasteiger partial charge in [-0.3, -0.25) is 4.40 Å². The molecule has 4 aromatic rings. The van der Waals surface area contributed by atoms with E-state index in [1.165, 1.54) is 0 Å². The van der Waals surface area contributed by atoms with Crippen LogP contribution in [0.1, 0.15) is 17.1 Å². The van der Waals surface area contributed by atoms with E-state index in [-0.39, 0.29) is 0 Å². The molecular weight excluding hydrogens is 394 g/mol. The largest absolute Gasteiger partial charge is 0.493 e. The van der Waals surface area contributed by atoms with Crippen molar-refractivity contribution in [1.29, 1.82) is 0 Å². The molecule has 3 heterocycles. The van der Waals surface area contributed by atoms with Gasteiger partial charge in [-0.15, -0.1) is 21.5 Å². The number of para-hydroxylation sites is 1. The Morgan fingerprint density at radius 1 is 1.11 bits per heavy atom. The van der Waals surface area contributed by atoms with Crippen LogP contribution in [0.3, 0.4) is 0 Å². The van der Waals surface area contributed by atoms with Crippen molar-refractivity contribution < 1.29 is 9.47 Å². The molecule has 4 rings (SSSR count). The van der Waals surface area contributed by atoms with E-state index in [1.54, 1.807) is 37.3 Å². The molecule has 0 saturated carbocycles. The molecule has 7 nitrogen and oxygen atoms in total. The number of thioether (sulfide) groups is 1. The lowest BCUT2D eigenvalue weighted by Gasteiger charge is -2.10. The third kappa shape index (κ3) is 3.43. The maximum Gasteiger partial charge on any atom is 0.256 e. The molecule has 1 aromatic carbocycles. The highest BCUT2D eigenvalue weighted by Crippen LogP contribution is 2.39. The van der Waals surface area contributed by atoms with Gasteiger partial charge in [0.2, 0.25) is 0 Å². The lowest BCUT2D eigenvalue weighted by atomic mass is 10.2. The molecule has 0 spiro atoms. The summed E-state index contributed by atoms with van der Waals surface area (Å²) in [5.74, 6) is 2.70. The first-order valence-electron chi connectivity index (χ1n) is 8.58. The molecule has 0 amide bonds. The van der Waals surface area contributed by atoms with Gasteiger partial charge in [-0.05, 0) is 32.0 Å². The Hall–Kier alpha value is -2.65. The minimum absolute atomic E-state index is 0.625. The molecule has 28 heavy (non-hydrogen) atoms. The SMILES string of the molecule is COc1cccc(-c2nc(CSc3nnc4nc(C)cc(C)n34)cs2)c1OC. The van der Waals surface area contributed by atoms with Crippen molar-refractivity contribution in [2.75, 3.05) is 14.2 Å². The molecule has 0 aliphatic heterocycles. The number of hydrogen-bond donors (Lipinski definition) is 0. The molecular formula is C19H19N5O2S2. The predicted octanol–water partition coefficient (Wildman–Crippen LogP) is 4.17. The van der Waals surface area contributed by atoms with E-state index in [4.69, 9.17) is 14.5 Å². The van der Waals surface area contributed by atoms with Gasteiger partial charge in [0.25, 0.3) is 5.78 Å². The quantitative estimate of drug-likeness (QED) is 0.439. The fourth-order valence-corrected chi connectivity index (χ4v) is 4.81. The smallest absolute Gasteiger partial charge is 0.256 e. The number of ether oxygens (including phenoxy) is 2. The van der Waals surface area contributed by atoms with Crippen LogP contribution in [0.5, 0.6) is 11.5 Å². The fourth-order valence-electron chi connectivity index (χ4n) is 2.98. The topological polar surface area (TPSA) is 74.4 Å². The third-order valence-electron chi connectivity index (χ3n) is 4.20. The van der Waals surface area contributed by atoms with Gasteiger partial charge in [-0.25, -0.2) is 9.97 Å². The summed E-state index contributed by atoms with van der Waals surface area (Å²) in [5, 5.41) is 12.2. The van der Waals surface area contributed by atoms with Crippen LogP contribution in [0.25, 0.3) is 16.3 Å². The number of benzene rings is 1. The Kier molecular flexibility index (Phi) is 5.19. The Bertz CT molecular complexity index is 1140. The molecule has 9 heteroatoms. The Balaban J connectivity index is 1.57. The maximum atomic E-state index is 5.53. The van der Waals surface area contributed by atoms with Crippen LogP contribution in [-0.4, -0.2) is 38.8 Å². The van der Waals surface area contributed by atoms with Crippen molar-refractivity contribution in [3.63, 3.8) is 0 Å². The number of rotatable bonds is 6. The number of fused-ring (bicyclic) bond motifs is 1. The van der Waals surface area contributed by atoms with Gasteiger partial charge in [0.1, 0.15) is 5.01 Å². The molecule has 0 radical (unpaired) electrons. The van der Waals surface area contributed by atoms with E-state index in [0.29, 0.717) is 23.0 Å². The van der Waals surface area contributed by atoms with Crippen molar-refractivity contribution in [3.8, 4) is 22.1 Å². The average molecular weight is 414 g/mol. The fraction of sp³-hybridized carbons (Fsp3) is 0.263. The summed E-state index contributed by atoms with van der Waals surface area (Å²) in [5.41, 5.74) is 3.90. The number of thiazole rings is 1. The van der Waals surface area contributed by atoms with Crippen molar-refractivity contribution >= 4 is 28.9 Å². The first-order chi connectivity index (χ1) is 13.6. The van der Waals surface area contributed by atoms with Crippen molar-refractivity contribution in [2.45, 2.75) is 24.8 Å². The van der Waals surface area contributed by atoms with Crippen LogP contribution in [0.2, 0.25) is 0 Å². The van der Waals surface area contributed by atoms with E-state index in [9.17, 15) is 0 Å². The Morgan fingerprint density at radius 2 is 1.96 bits per heavy atom. The second-order valence-corrected chi connectivity index (χ2v) is 7.93. The first kappa shape index (κ1) is 18.7. The minimum Gasteiger partial charge on any atom is -0.493 e. The number of hydrogen-bond acceptors (Lipinski definition) is 8. The number of nitrogens with zero attached hydrogens (tertiary/aromatic N) is 5. The maximum absolute atomic E-state index is 5.53. The zero-order chi connectivity index (χ0) is 19.7. The molecule has 3 aromatic heterocycles. The number of aromatic nitrogens is 5. The van der Waals surface area contributed by atoms with Gasteiger partial charge >= 0.3 is 0 Å². The zero-order valence-corrected chi connectivity index (χ0v) is 17.6. The van der Waals surface area contributed by atoms with Crippen LogP contribution in [0.15, 0.2) is 34.8 Å². The third-order valence-corrected chi connectivity index (χ3v) is 6.08. The van der Waals surface area contributed by atoms with E-state index in [0.717, 1.165) is 32.8 Å². The summed E-state index contributed by atoms with van der Waals surface area (Å²) in [6, 6.07) is 7.82. The van der Waals surface area contributed by atoms with Crippen LogP contribution in [-0.2, 0) is 5.75 Å². The van der Waals surface area contributed by atoms with Crippen molar-refractivity contribution in [1.82, 2.24) is 24.6 Å². The monoisotopic (exact) mass is 413 g/mol. The van der Waals surface area contributed by atoms with Crippen LogP contribution in [0.4, 0.5) is 0 Å². The van der Waals surface area contributed by atoms with Crippen LogP contribution < -0.4 is 9.47 Å². The Labute approximate surface area is 170 Å². The number of aryl methyl sites for hydroxylation is 2. The van der Waals surface area contributed by atoms with Gasteiger partial charge in [-0.2, -0.15) is 0 Å². The molecule has 0 aliphatic carbocycles. The minimum atomic E-state index is 0.625. The molecule has 0 atom stereocenters. The van der Waals surface area contributed by atoms with Gasteiger partial charge in [0.15, 0.2) is 16.7 Å². The van der Waals surface area contributed by atoms with Gasteiger partial charge in [0, 0.05) is 22.5 Å². The molecule has 144 valence electrons. The first-order valence-corrected chi connectivity index (χ1v) is 10.4. The summed E-state index contributed by atoms with van der Waals surface area (Å²) < 4.78 is 12.9. The normalized spacial score (nSPS) is 11.1. The highest BCUT2D eigenvalue weighted by molar-refractivity contribution is 7.98. The highest BCUT2D eigenvalue weighted by atomic mass is 32.2. The lowest BCUT2D eigenvalue weighted by molar-refractivity contribution is 0.356. The lowest BCUT2D eigenvalue weighted by Crippen LogP contribution is -1.97.